The zero-order valence-electron chi connectivity index (χ0n) is 13.6. The molecule has 0 saturated heterocycles. The van der Waals surface area contributed by atoms with Crippen molar-refractivity contribution in [3.05, 3.63) is 71.8 Å². The molecular weight excluding hydrogens is 332 g/mol. The predicted octanol–water partition coefficient (Wildman–Crippen LogP) is 3.58. The van der Waals surface area contributed by atoms with Crippen LogP contribution in [0.3, 0.4) is 0 Å². The molecule has 0 radical (unpaired) electrons. The zero-order chi connectivity index (χ0) is 18.8. The molecule has 3 aromatic rings. The fraction of sp³-hybridized carbons (Fsp3) is 0. The highest BCUT2D eigenvalue weighted by atomic mass is 16.4. The molecule has 3 rings (SSSR count). The highest BCUT2D eigenvalue weighted by Gasteiger charge is 2.25. The summed E-state index contributed by atoms with van der Waals surface area (Å²) in [6.45, 7) is 0. The minimum atomic E-state index is -1.34. The number of para-hydroxylation sites is 1. The fourth-order valence-corrected chi connectivity index (χ4v) is 2.96. The predicted molar refractivity (Wildman–Crippen MR) is 100 cm³/mol. The van der Waals surface area contributed by atoms with Crippen molar-refractivity contribution >= 4 is 23.3 Å². The Morgan fingerprint density at radius 1 is 0.769 bits per heavy atom. The van der Waals surface area contributed by atoms with Gasteiger partial charge in [-0.3, -0.25) is 0 Å². The van der Waals surface area contributed by atoms with Crippen LogP contribution in [0.2, 0.25) is 0 Å². The summed E-state index contributed by atoms with van der Waals surface area (Å²) < 4.78 is 0. The zero-order valence-corrected chi connectivity index (χ0v) is 13.6. The molecule has 130 valence electrons. The van der Waals surface area contributed by atoms with Crippen LogP contribution < -0.4 is 11.5 Å². The van der Waals surface area contributed by atoms with Crippen molar-refractivity contribution in [2.45, 2.75) is 0 Å². The van der Waals surface area contributed by atoms with E-state index in [0.717, 1.165) is 0 Å². The molecule has 0 saturated carbocycles. The minimum Gasteiger partial charge on any atom is -0.478 e. The minimum absolute atomic E-state index is 0.266. The third-order valence-corrected chi connectivity index (χ3v) is 4.08. The third kappa shape index (κ3) is 2.95. The number of anilines is 2. The number of aromatic carboxylic acids is 2. The second kappa shape index (κ2) is 6.60. The first kappa shape index (κ1) is 17.0. The first-order valence-electron chi connectivity index (χ1n) is 7.74. The quantitative estimate of drug-likeness (QED) is 0.534. The van der Waals surface area contributed by atoms with E-state index in [9.17, 15) is 19.8 Å². The molecule has 6 N–H and O–H groups in total. The molecule has 6 nitrogen and oxygen atoms in total. The van der Waals surface area contributed by atoms with Crippen LogP contribution in [0.15, 0.2) is 60.7 Å². The van der Waals surface area contributed by atoms with Gasteiger partial charge in [-0.15, -0.1) is 0 Å². The summed E-state index contributed by atoms with van der Waals surface area (Å²) in [6.07, 6.45) is 0. The molecule has 0 unspecified atom stereocenters. The standard InChI is InChI=1S/C20H16N2O4/c21-12-5-3-4-11(10-12)17-14(13-6-1-2-7-16(13)22)8-9-15(19(23)24)18(17)20(25)26/h1-10H,21-22H2,(H,23,24)(H,25,26). The van der Waals surface area contributed by atoms with Gasteiger partial charge in [0.1, 0.15) is 0 Å². The van der Waals surface area contributed by atoms with Crippen LogP contribution in [0.4, 0.5) is 11.4 Å². The summed E-state index contributed by atoms with van der Waals surface area (Å²) in [7, 11) is 0. The van der Waals surface area contributed by atoms with E-state index in [0.29, 0.717) is 28.1 Å². The van der Waals surface area contributed by atoms with E-state index < -0.39 is 11.9 Å². The Morgan fingerprint density at radius 2 is 1.50 bits per heavy atom. The maximum atomic E-state index is 11.9. The molecule has 0 amide bonds. The van der Waals surface area contributed by atoms with Gasteiger partial charge in [0.2, 0.25) is 0 Å². The second-order valence-electron chi connectivity index (χ2n) is 5.73. The van der Waals surface area contributed by atoms with E-state index in [2.05, 4.69) is 0 Å². The number of carboxylic acids is 2. The number of carboxylic acid groups (broad SMARTS) is 2. The molecule has 6 heteroatoms. The molecule has 0 atom stereocenters. The van der Waals surface area contributed by atoms with Crippen LogP contribution in [0, 0.1) is 0 Å². The monoisotopic (exact) mass is 348 g/mol. The Labute approximate surface area is 149 Å². The van der Waals surface area contributed by atoms with Gasteiger partial charge in [-0.05, 0) is 35.4 Å². The van der Waals surface area contributed by atoms with Gasteiger partial charge in [0.25, 0.3) is 0 Å². The summed E-state index contributed by atoms with van der Waals surface area (Å²) in [6, 6.07) is 16.5. The summed E-state index contributed by atoms with van der Waals surface area (Å²) in [5.41, 5.74) is 14.1. The van der Waals surface area contributed by atoms with E-state index >= 15 is 0 Å². The maximum Gasteiger partial charge on any atom is 0.337 e. The number of nitrogens with two attached hydrogens (primary N) is 2. The van der Waals surface area contributed by atoms with Crippen LogP contribution in [0.25, 0.3) is 22.3 Å². The second-order valence-corrected chi connectivity index (χ2v) is 5.73. The Bertz CT molecular complexity index is 1030. The number of benzene rings is 3. The molecule has 26 heavy (non-hydrogen) atoms. The summed E-state index contributed by atoms with van der Waals surface area (Å²) in [5, 5.41) is 19.2. The van der Waals surface area contributed by atoms with Crippen LogP contribution in [0.1, 0.15) is 20.7 Å². The number of nitrogen functional groups attached to an aromatic ring is 2. The Hall–Kier alpha value is -3.80. The van der Waals surface area contributed by atoms with E-state index in [1.165, 1.54) is 6.07 Å². The molecule has 0 bridgehead atoms. The Kier molecular flexibility index (Phi) is 4.33. The average molecular weight is 348 g/mol. The van der Waals surface area contributed by atoms with Gasteiger partial charge in [-0.1, -0.05) is 36.4 Å². The van der Waals surface area contributed by atoms with Crippen LogP contribution >= 0.6 is 0 Å². The lowest BCUT2D eigenvalue weighted by molar-refractivity contribution is 0.0652. The molecule has 3 aromatic carbocycles. The van der Waals surface area contributed by atoms with Crippen LogP contribution in [-0.4, -0.2) is 22.2 Å². The van der Waals surface area contributed by atoms with Crippen LogP contribution in [0.5, 0.6) is 0 Å². The van der Waals surface area contributed by atoms with Gasteiger partial charge < -0.3 is 21.7 Å². The molecule has 0 spiro atoms. The SMILES string of the molecule is Nc1cccc(-c2c(-c3ccccc3N)ccc(C(=O)O)c2C(=O)O)c1. The highest BCUT2D eigenvalue weighted by molar-refractivity contribution is 6.10. The largest absolute Gasteiger partial charge is 0.478 e. The molecule has 0 aliphatic carbocycles. The third-order valence-electron chi connectivity index (χ3n) is 4.08. The summed E-state index contributed by atoms with van der Waals surface area (Å²) >= 11 is 0. The number of hydrogen-bond donors (Lipinski definition) is 4. The maximum absolute atomic E-state index is 11.9. The van der Waals surface area contributed by atoms with Crippen molar-refractivity contribution < 1.29 is 19.8 Å². The first-order valence-corrected chi connectivity index (χ1v) is 7.74. The van der Waals surface area contributed by atoms with Crippen molar-refractivity contribution in [3.63, 3.8) is 0 Å². The fourth-order valence-electron chi connectivity index (χ4n) is 2.96. The number of rotatable bonds is 4. The van der Waals surface area contributed by atoms with Gasteiger partial charge >= 0.3 is 11.9 Å². The lowest BCUT2D eigenvalue weighted by Crippen LogP contribution is -2.11. The van der Waals surface area contributed by atoms with E-state index in [1.807, 2.05) is 0 Å². The van der Waals surface area contributed by atoms with Crippen molar-refractivity contribution in [2.24, 2.45) is 0 Å². The molecule has 0 fully saturated rings. The van der Waals surface area contributed by atoms with E-state index in [-0.39, 0.29) is 16.7 Å². The lowest BCUT2D eigenvalue weighted by Gasteiger charge is -2.17. The summed E-state index contributed by atoms with van der Waals surface area (Å²) in [4.78, 5) is 23.5. The first-order chi connectivity index (χ1) is 12.4. The Morgan fingerprint density at radius 3 is 2.12 bits per heavy atom. The van der Waals surface area contributed by atoms with E-state index in [4.69, 9.17) is 11.5 Å². The van der Waals surface area contributed by atoms with Crippen molar-refractivity contribution in [2.75, 3.05) is 11.5 Å². The van der Waals surface area contributed by atoms with Gasteiger partial charge in [0.15, 0.2) is 0 Å². The number of carbonyl (C=O) groups is 2. The smallest absolute Gasteiger partial charge is 0.337 e. The topological polar surface area (TPSA) is 127 Å². The molecule has 0 aliphatic rings. The molecule has 0 aliphatic heterocycles. The van der Waals surface area contributed by atoms with Gasteiger partial charge in [0, 0.05) is 22.5 Å². The molecule has 0 heterocycles. The highest BCUT2D eigenvalue weighted by Crippen LogP contribution is 2.39. The molecular formula is C20H16N2O4. The Balaban J connectivity index is 2.46. The number of hydrogen-bond acceptors (Lipinski definition) is 4. The average Bonchev–Trinajstić information content (AvgIpc) is 2.60. The molecule has 0 aromatic heterocycles. The van der Waals surface area contributed by atoms with Crippen molar-refractivity contribution in [1.82, 2.24) is 0 Å². The van der Waals surface area contributed by atoms with Gasteiger partial charge in [-0.25, -0.2) is 9.59 Å². The lowest BCUT2D eigenvalue weighted by atomic mass is 9.87. The normalized spacial score (nSPS) is 10.5. The van der Waals surface area contributed by atoms with Crippen molar-refractivity contribution in [3.8, 4) is 22.3 Å². The van der Waals surface area contributed by atoms with E-state index in [1.54, 1.807) is 54.6 Å². The van der Waals surface area contributed by atoms with Gasteiger partial charge in [0.05, 0.1) is 11.1 Å². The summed E-state index contributed by atoms with van der Waals surface area (Å²) in [5.74, 6) is -2.66. The van der Waals surface area contributed by atoms with Gasteiger partial charge in [-0.2, -0.15) is 0 Å². The van der Waals surface area contributed by atoms with Crippen LogP contribution in [-0.2, 0) is 0 Å². The van der Waals surface area contributed by atoms with Crippen molar-refractivity contribution in [1.29, 1.82) is 0 Å².